The Morgan fingerprint density at radius 3 is 2.41 bits per heavy atom. The van der Waals surface area contributed by atoms with Gasteiger partial charge in [-0.1, -0.05) is 24.3 Å². The maximum absolute atomic E-state index is 13.4. The number of hydrogen-bond donors (Lipinski definition) is 1. The number of rotatable bonds is 7. The van der Waals surface area contributed by atoms with Crippen molar-refractivity contribution in [1.29, 1.82) is 0 Å². The van der Waals surface area contributed by atoms with Gasteiger partial charge >= 0.3 is 0 Å². The fourth-order valence-corrected chi connectivity index (χ4v) is 5.02. The molecule has 166 valence electrons. The fraction of sp³-hybridized carbons (Fsp3) is 0.360. The number of hydrogen-bond acceptors (Lipinski definition) is 5. The molecular weight excluding hydrogens is 408 g/mol. The summed E-state index contributed by atoms with van der Waals surface area (Å²) in [7, 11) is 3.24. The zero-order valence-electron chi connectivity index (χ0n) is 18.1. The second-order valence-corrected chi connectivity index (χ2v) is 8.41. The van der Waals surface area contributed by atoms with Crippen molar-refractivity contribution in [3.05, 3.63) is 66.2 Å². The molecule has 2 amide bonds. The van der Waals surface area contributed by atoms with Gasteiger partial charge < -0.3 is 24.4 Å². The molecule has 7 heteroatoms. The van der Waals surface area contributed by atoms with Crippen LogP contribution in [0.2, 0.25) is 0 Å². The SMILES string of the molecule is COc1ccc(CCNC(=O)[C@H]2[C@@H]3C=C[C@@]4(CN(c5ccc(OC)cc5)C(=O)[C@@H]24)O3)cc1. The maximum Gasteiger partial charge on any atom is 0.234 e. The van der Waals surface area contributed by atoms with Gasteiger partial charge in [-0.3, -0.25) is 9.59 Å². The van der Waals surface area contributed by atoms with Gasteiger partial charge in [0, 0.05) is 12.2 Å². The van der Waals surface area contributed by atoms with E-state index in [1.807, 2.05) is 60.7 Å². The van der Waals surface area contributed by atoms with Crippen LogP contribution in [0.25, 0.3) is 0 Å². The molecule has 2 aromatic rings. The van der Waals surface area contributed by atoms with Gasteiger partial charge in [-0.25, -0.2) is 0 Å². The van der Waals surface area contributed by atoms with Crippen LogP contribution in [-0.2, 0) is 20.7 Å². The highest BCUT2D eigenvalue weighted by Crippen LogP contribution is 2.52. The Balaban J connectivity index is 1.27. The summed E-state index contributed by atoms with van der Waals surface area (Å²) in [5.74, 6) is 0.286. The highest BCUT2D eigenvalue weighted by Gasteiger charge is 2.67. The smallest absolute Gasteiger partial charge is 0.234 e. The summed E-state index contributed by atoms with van der Waals surface area (Å²) < 4.78 is 16.6. The average Bonchev–Trinajstić information content (AvgIpc) is 3.48. The Hall–Kier alpha value is -3.32. The number of nitrogens with zero attached hydrogens (tertiary/aromatic N) is 1. The van der Waals surface area contributed by atoms with Crippen LogP contribution in [0, 0.1) is 11.8 Å². The summed E-state index contributed by atoms with van der Waals surface area (Å²) in [5, 5.41) is 3.01. The first-order valence-electron chi connectivity index (χ1n) is 10.8. The molecule has 3 heterocycles. The van der Waals surface area contributed by atoms with E-state index < -0.39 is 17.4 Å². The van der Waals surface area contributed by atoms with E-state index in [-0.39, 0.29) is 17.9 Å². The van der Waals surface area contributed by atoms with Crippen LogP contribution in [0.3, 0.4) is 0 Å². The van der Waals surface area contributed by atoms with Crippen molar-refractivity contribution in [2.24, 2.45) is 11.8 Å². The van der Waals surface area contributed by atoms with E-state index >= 15 is 0 Å². The minimum Gasteiger partial charge on any atom is -0.497 e. The first kappa shape index (κ1) is 20.6. The second-order valence-electron chi connectivity index (χ2n) is 8.41. The molecule has 0 aliphatic carbocycles. The van der Waals surface area contributed by atoms with Crippen molar-refractivity contribution in [2.75, 3.05) is 32.2 Å². The largest absolute Gasteiger partial charge is 0.497 e. The molecule has 4 atom stereocenters. The summed E-state index contributed by atoms with van der Waals surface area (Å²) in [5.41, 5.74) is 1.15. The molecule has 32 heavy (non-hydrogen) atoms. The number of benzene rings is 2. The van der Waals surface area contributed by atoms with E-state index in [4.69, 9.17) is 14.2 Å². The number of nitrogens with one attached hydrogen (secondary N) is 1. The van der Waals surface area contributed by atoms with Crippen LogP contribution in [0.1, 0.15) is 5.56 Å². The van der Waals surface area contributed by atoms with Crippen molar-refractivity contribution in [2.45, 2.75) is 18.1 Å². The van der Waals surface area contributed by atoms with Gasteiger partial charge in [0.05, 0.1) is 38.7 Å². The summed E-state index contributed by atoms with van der Waals surface area (Å²) in [6.07, 6.45) is 4.23. The summed E-state index contributed by atoms with van der Waals surface area (Å²) in [4.78, 5) is 28.2. The standard InChI is InChI=1S/C25H26N2O5/c1-30-18-7-3-16(4-8-18)12-14-26-23(28)21-20-11-13-25(32-20)15-27(24(29)22(21)25)17-5-9-19(31-2)10-6-17/h3-11,13,20-22H,12,14-15H2,1-2H3,(H,26,28)/t20-,21-,22+,25-/m0/s1. The minimum absolute atomic E-state index is 0.0719. The minimum atomic E-state index is -0.736. The third kappa shape index (κ3) is 3.33. The molecule has 5 rings (SSSR count). The number of ether oxygens (including phenoxy) is 3. The van der Waals surface area contributed by atoms with E-state index in [0.717, 1.165) is 22.7 Å². The zero-order chi connectivity index (χ0) is 22.3. The maximum atomic E-state index is 13.4. The third-order valence-electron chi connectivity index (χ3n) is 6.66. The Labute approximate surface area is 186 Å². The molecule has 1 N–H and O–H groups in total. The molecule has 1 spiro atoms. The van der Waals surface area contributed by atoms with Crippen molar-refractivity contribution in [3.8, 4) is 11.5 Å². The number of anilines is 1. The topological polar surface area (TPSA) is 77.1 Å². The second kappa shape index (κ2) is 7.98. The van der Waals surface area contributed by atoms with E-state index in [1.165, 1.54) is 0 Å². The van der Waals surface area contributed by atoms with Gasteiger partial charge in [0.15, 0.2) is 0 Å². The lowest BCUT2D eigenvalue weighted by Gasteiger charge is -2.23. The average molecular weight is 434 g/mol. The predicted molar refractivity (Wildman–Crippen MR) is 119 cm³/mol. The van der Waals surface area contributed by atoms with Crippen LogP contribution < -0.4 is 19.7 Å². The van der Waals surface area contributed by atoms with Crippen LogP contribution >= 0.6 is 0 Å². The van der Waals surface area contributed by atoms with E-state index in [1.54, 1.807) is 19.1 Å². The first-order valence-corrected chi connectivity index (χ1v) is 10.8. The molecule has 0 saturated carbocycles. The molecule has 7 nitrogen and oxygen atoms in total. The van der Waals surface area contributed by atoms with Gasteiger partial charge in [0.2, 0.25) is 11.8 Å². The van der Waals surface area contributed by atoms with Crippen molar-refractivity contribution in [1.82, 2.24) is 5.32 Å². The molecule has 0 aromatic heterocycles. The molecule has 3 aliphatic heterocycles. The monoisotopic (exact) mass is 434 g/mol. The predicted octanol–water partition coefficient (Wildman–Crippen LogP) is 2.35. The van der Waals surface area contributed by atoms with E-state index in [9.17, 15) is 9.59 Å². The lowest BCUT2D eigenvalue weighted by atomic mass is 9.77. The quantitative estimate of drug-likeness (QED) is 0.677. The van der Waals surface area contributed by atoms with Crippen LogP contribution in [-0.4, -0.2) is 50.8 Å². The number of amides is 2. The number of methoxy groups -OCH3 is 2. The molecule has 0 radical (unpaired) electrons. The van der Waals surface area contributed by atoms with Crippen molar-refractivity contribution < 1.29 is 23.8 Å². The fourth-order valence-electron chi connectivity index (χ4n) is 5.02. The van der Waals surface area contributed by atoms with E-state index in [2.05, 4.69) is 5.32 Å². The van der Waals surface area contributed by atoms with Crippen molar-refractivity contribution in [3.63, 3.8) is 0 Å². The van der Waals surface area contributed by atoms with Crippen LogP contribution in [0.4, 0.5) is 5.69 Å². The highest BCUT2D eigenvalue weighted by molar-refractivity contribution is 6.03. The first-order chi connectivity index (χ1) is 15.5. The molecule has 2 bridgehead atoms. The summed E-state index contributed by atoms with van der Waals surface area (Å²) in [6, 6.07) is 15.1. The lowest BCUT2D eigenvalue weighted by Crippen LogP contribution is -2.44. The highest BCUT2D eigenvalue weighted by atomic mass is 16.5. The molecule has 2 fully saturated rings. The van der Waals surface area contributed by atoms with Crippen LogP contribution in [0.15, 0.2) is 60.7 Å². The molecule has 2 aromatic carbocycles. The Morgan fingerprint density at radius 2 is 1.75 bits per heavy atom. The number of fused-ring (bicyclic) bond motifs is 1. The summed E-state index contributed by atoms with van der Waals surface area (Å²) in [6.45, 7) is 0.902. The van der Waals surface area contributed by atoms with Crippen LogP contribution in [0.5, 0.6) is 11.5 Å². The molecular formula is C25H26N2O5. The zero-order valence-corrected chi connectivity index (χ0v) is 18.1. The number of carbonyl (C=O) groups excluding carboxylic acids is 2. The Morgan fingerprint density at radius 1 is 1.09 bits per heavy atom. The number of carbonyl (C=O) groups is 2. The summed E-state index contributed by atoms with van der Waals surface area (Å²) >= 11 is 0. The lowest BCUT2D eigenvalue weighted by molar-refractivity contribution is -0.131. The van der Waals surface area contributed by atoms with Gasteiger partial charge in [-0.2, -0.15) is 0 Å². The van der Waals surface area contributed by atoms with Gasteiger partial charge in [-0.05, 0) is 48.4 Å². The Kier molecular flexibility index (Phi) is 5.13. The normalized spacial score (nSPS) is 27.5. The van der Waals surface area contributed by atoms with Gasteiger partial charge in [0.25, 0.3) is 0 Å². The molecule has 0 unspecified atom stereocenters. The van der Waals surface area contributed by atoms with Gasteiger partial charge in [-0.15, -0.1) is 0 Å². The van der Waals surface area contributed by atoms with Gasteiger partial charge in [0.1, 0.15) is 17.1 Å². The molecule has 3 aliphatic rings. The Bertz CT molecular complexity index is 1050. The molecule has 2 saturated heterocycles. The van der Waals surface area contributed by atoms with Crippen molar-refractivity contribution >= 4 is 17.5 Å². The third-order valence-corrected chi connectivity index (χ3v) is 6.66. The van der Waals surface area contributed by atoms with E-state index in [0.29, 0.717) is 19.5 Å².